The number of ketones is 1. The van der Waals surface area contributed by atoms with E-state index in [1.54, 1.807) is 13.2 Å². The van der Waals surface area contributed by atoms with Crippen molar-refractivity contribution in [3.63, 3.8) is 0 Å². The van der Waals surface area contributed by atoms with Crippen LogP contribution in [0.25, 0.3) is 0 Å². The van der Waals surface area contributed by atoms with Gasteiger partial charge in [0.15, 0.2) is 11.5 Å². The Morgan fingerprint density at radius 3 is 1.88 bits per heavy atom. The molecule has 2 aromatic rings. The number of hydrogen-bond acceptors (Lipinski definition) is 7. The number of allylic oxidation sites excluding steroid dienone is 1. The molecule has 3 rings (SSSR count). The average Bonchev–Trinajstić information content (AvgIpc) is 3.73. The van der Waals surface area contributed by atoms with E-state index in [0.29, 0.717) is 12.0 Å². The Morgan fingerprint density at radius 1 is 1.05 bits per heavy atom. The molecule has 1 aromatic heterocycles. The van der Waals surface area contributed by atoms with Crippen LogP contribution in [0, 0.1) is 12.3 Å². The number of nitrogens with one attached hydrogen (secondary N) is 1. The second-order valence-corrected chi connectivity index (χ2v) is 10.6. The fourth-order valence-electron chi connectivity index (χ4n) is 2.78. The van der Waals surface area contributed by atoms with E-state index in [2.05, 4.69) is 94.5 Å². The molecule has 41 heavy (non-hydrogen) atoms. The van der Waals surface area contributed by atoms with Crippen LogP contribution >= 0.6 is 0 Å². The fraction of sp³-hybridized carbons (Fsp3) is 0.588. The number of carbonyl (C=O) groups is 1. The van der Waals surface area contributed by atoms with Gasteiger partial charge < -0.3 is 25.0 Å². The summed E-state index contributed by atoms with van der Waals surface area (Å²) >= 11 is 0. The Bertz CT molecular complexity index is 871. The molecule has 1 saturated carbocycles. The standard InChI is InChI=1S/C9H14O2.C7H10N2O.C7H17N.C7H8.C4H11N/c1-7(10)8(2)11-6-9(3)4-5-9;1-8-7-3-2-6(5-10)4-9-7;1-4-7-8(5-2)6-3;1-7-5-3-2-4-6-7;1-4-5(2)3/h2,4-6H2,1,3H3;2-4,10H,5H2,1H3,(H,8,9);4-7H2,1-3H3;2-6H,1H3;4H2,1-3H3. The van der Waals surface area contributed by atoms with E-state index in [1.165, 1.54) is 51.4 Å². The number of carbonyl (C=O) groups excluding carboxylic acids is 1. The number of ether oxygens (including phenoxy) is 1. The molecule has 0 unspecified atom stereocenters. The summed E-state index contributed by atoms with van der Waals surface area (Å²) < 4.78 is 5.19. The lowest BCUT2D eigenvalue weighted by Gasteiger charge is -2.15. The zero-order chi connectivity index (χ0) is 31.7. The van der Waals surface area contributed by atoms with Crippen LogP contribution in [0.4, 0.5) is 5.82 Å². The van der Waals surface area contributed by atoms with E-state index in [1.807, 2.05) is 30.3 Å². The smallest absolute Gasteiger partial charge is 0.193 e. The molecule has 0 atom stereocenters. The van der Waals surface area contributed by atoms with Gasteiger partial charge >= 0.3 is 0 Å². The van der Waals surface area contributed by atoms with Crippen molar-refractivity contribution in [3.05, 3.63) is 72.1 Å². The van der Waals surface area contributed by atoms with Gasteiger partial charge in [0.2, 0.25) is 0 Å². The number of anilines is 1. The molecule has 1 aliphatic rings. The number of aliphatic hydroxyl groups is 1. The zero-order valence-electron chi connectivity index (χ0n) is 27.8. The number of hydrogen-bond donors (Lipinski definition) is 2. The highest BCUT2D eigenvalue weighted by Crippen LogP contribution is 2.45. The Morgan fingerprint density at radius 2 is 1.61 bits per heavy atom. The third-order valence-electron chi connectivity index (χ3n) is 6.36. The van der Waals surface area contributed by atoms with Gasteiger partial charge in [-0.3, -0.25) is 4.79 Å². The predicted molar refractivity (Wildman–Crippen MR) is 176 cm³/mol. The number of nitrogens with zero attached hydrogens (tertiary/aromatic N) is 3. The molecule has 0 radical (unpaired) electrons. The van der Waals surface area contributed by atoms with Crippen molar-refractivity contribution in [3.8, 4) is 0 Å². The first kappa shape index (κ1) is 40.4. The lowest BCUT2D eigenvalue weighted by atomic mass is 10.2. The monoisotopic (exact) mass is 572 g/mol. The Labute approximate surface area is 252 Å². The van der Waals surface area contributed by atoms with Crippen LogP contribution in [-0.4, -0.2) is 79.6 Å². The van der Waals surface area contributed by atoms with E-state index in [4.69, 9.17) is 9.84 Å². The van der Waals surface area contributed by atoms with Gasteiger partial charge in [-0.25, -0.2) is 4.98 Å². The molecule has 234 valence electrons. The van der Waals surface area contributed by atoms with E-state index >= 15 is 0 Å². The van der Waals surface area contributed by atoms with Crippen molar-refractivity contribution in [2.45, 2.75) is 74.3 Å². The van der Waals surface area contributed by atoms with Crippen LogP contribution in [0.5, 0.6) is 0 Å². The number of rotatable bonds is 11. The quantitative estimate of drug-likeness (QED) is 0.226. The van der Waals surface area contributed by atoms with Gasteiger partial charge in [0.05, 0.1) is 13.2 Å². The highest BCUT2D eigenvalue weighted by atomic mass is 16.5. The van der Waals surface area contributed by atoms with Crippen molar-refractivity contribution in [2.24, 2.45) is 5.41 Å². The van der Waals surface area contributed by atoms with Gasteiger partial charge in [0.1, 0.15) is 5.82 Å². The highest BCUT2D eigenvalue weighted by molar-refractivity contribution is 5.90. The van der Waals surface area contributed by atoms with Crippen LogP contribution < -0.4 is 5.32 Å². The van der Waals surface area contributed by atoms with Crippen molar-refractivity contribution < 1.29 is 14.6 Å². The molecule has 1 fully saturated rings. The van der Waals surface area contributed by atoms with Crippen LogP contribution in [-0.2, 0) is 16.1 Å². The van der Waals surface area contributed by atoms with Crippen LogP contribution in [0.2, 0.25) is 0 Å². The SMILES string of the molecule is C=C(OCC1(C)CC1)C(C)=O.CCCN(CC)CC.CCN(C)C.CNc1ccc(CO)cn1.Cc1ccccc1. The second kappa shape index (κ2) is 25.0. The summed E-state index contributed by atoms with van der Waals surface area (Å²) in [6.45, 7) is 23.5. The molecule has 0 bridgehead atoms. The van der Waals surface area contributed by atoms with Crippen LogP contribution in [0.3, 0.4) is 0 Å². The summed E-state index contributed by atoms with van der Waals surface area (Å²) in [5.74, 6) is 1.03. The minimum atomic E-state index is -0.0748. The van der Waals surface area contributed by atoms with Gasteiger partial charge in [-0.2, -0.15) is 0 Å². The first-order chi connectivity index (χ1) is 19.4. The highest BCUT2D eigenvalue weighted by Gasteiger charge is 2.38. The molecule has 7 heteroatoms. The minimum absolute atomic E-state index is 0.0526. The number of benzene rings is 1. The molecular formula is C34H60N4O3. The lowest BCUT2D eigenvalue weighted by molar-refractivity contribution is -0.117. The van der Waals surface area contributed by atoms with Crippen molar-refractivity contribution in [1.29, 1.82) is 0 Å². The van der Waals surface area contributed by atoms with Gasteiger partial charge in [-0.05, 0) is 78.1 Å². The third kappa shape index (κ3) is 24.8. The van der Waals surface area contributed by atoms with E-state index in [0.717, 1.165) is 17.9 Å². The summed E-state index contributed by atoms with van der Waals surface area (Å²) in [6.07, 6.45) is 5.34. The summed E-state index contributed by atoms with van der Waals surface area (Å²) in [6, 6.07) is 13.9. The number of aliphatic hydroxyl groups excluding tert-OH is 1. The Hall–Kier alpha value is -2.74. The van der Waals surface area contributed by atoms with E-state index in [-0.39, 0.29) is 18.1 Å². The van der Waals surface area contributed by atoms with Gasteiger partial charge in [0.25, 0.3) is 0 Å². The summed E-state index contributed by atoms with van der Waals surface area (Å²) in [7, 11) is 5.92. The first-order valence-corrected chi connectivity index (χ1v) is 14.9. The van der Waals surface area contributed by atoms with E-state index < -0.39 is 0 Å². The molecule has 7 nitrogen and oxygen atoms in total. The maximum atomic E-state index is 10.7. The largest absolute Gasteiger partial charge is 0.490 e. The minimum Gasteiger partial charge on any atom is -0.490 e. The molecule has 1 heterocycles. The number of aromatic nitrogens is 1. The van der Waals surface area contributed by atoms with Crippen molar-refractivity contribution >= 4 is 11.6 Å². The maximum absolute atomic E-state index is 10.7. The van der Waals surface area contributed by atoms with Gasteiger partial charge in [0, 0.05) is 25.6 Å². The topological polar surface area (TPSA) is 77.9 Å². The molecule has 0 saturated heterocycles. The summed E-state index contributed by atoms with van der Waals surface area (Å²) in [5, 5.41) is 11.5. The van der Waals surface area contributed by atoms with Crippen LogP contribution in [0.15, 0.2) is 61.0 Å². The normalized spacial score (nSPS) is 12.1. The molecule has 1 aromatic carbocycles. The van der Waals surface area contributed by atoms with Crippen LogP contribution in [0.1, 0.15) is 71.9 Å². The number of pyridine rings is 1. The number of aryl methyl sites for hydroxylation is 1. The molecule has 0 amide bonds. The molecule has 2 N–H and O–H groups in total. The second-order valence-electron chi connectivity index (χ2n) is 10.6. The third-order valence-corrected chi connectivity index (χ3v) is 6.36. The summed E-state index contributed by atoms with van der Waals surface area (Å²) in [4.78, 5) is 19.2. The Balaban J connectivity index is 0. The maximum Gasteiger partial charge on any atom is 0.193 e. The average molecular weight is 573 g/mol. The first-order valence-electron chi connectivity index (χ1n) is 14.9. The molecule has 0 aliphatic heterocycles. The van der Waals surface area contributed by atoms with E-state index in [9.17, 15) is 4.79 Å². The van der Waals surface area contributed by atoms with Crippen molar-refractivity contribution in [1.82, 2.24) is 14.8 Å². The molecule has 0 spiro atoms. The summed E-state index contributed by atoms with van der Waals surface area (Å²) in [5.41, 5.74) is 2.49. The molecule has 1 aliphatic carbocycles. The number of Topliss-reactive ketones (excluding diaryl/α,β-unsaturated/α-hetero) is 1. The predicted octanol–water partition coefficient (Wildman–Crippen LogP) is 6.82. The fourth-order valence-corrected chi connectivity index (χ4v) is 2.78. The Kier molecular flexibility index (Phi) is 24.6. The van der Waals surface area contributed by atoms with Gasteiger partial charge in [-0.15, -0.1) is 0 Å². The molecular weight excluding hydrogens is 512 g/mol. The zero-order valence-corrected chi connectivity index (χ0v) is 27.8. The van der Waals surface area contributed by atoms with Gasteiger partial charge in [-0.1, -0.05) is 83.2 Å². The lowest BCUT2D eigenvalue weighted by Crippen LogP contribution is -2.23. The van der Waals surface area contributed by atoms with Crippen molar-refractivity contribution in [2.75, 3.05) is 59.2 Å².